The van der Waals surface area contributed by atoms with E-state index in [1.165, 1.54) is 122 Å². The van der Waals surface area contributed by atoms with Crippen LogP contribution in [-0.4, -0.2) is 0 Å². The van der Waals surface area contributed by atoms with Crippen molar-refractivity contribution in [2.75, 3.05) is 9.80 Å². The number of rotatable bonds is 6. The Morgan fingerprint density at radius 2 is 0.486 bits per heavy atom. The van der Waals surface area contributed by atoms with E-state index >= 15 is 0 Å². The van der Waals surface area contributed by atoms with Gasteiger partial charge in [-0.2, -0.15) is 0 Å². The molecule has 0 aromatic heterocycles. The van der Waals surface area contributed by atoms with Crippen molar-refractivity contribution in [3.63, 3.8) is 0 Å². The van der Waals surface area contributed by atoms with Crippen LogP contribution in [0.2, 0.25) is 0 Å². The van der Waals surface area contributed by atoms with Crippen molar-refractivity contribution in [2.45, 2.75) is 38.5 Å². The van der Waals surface area contributed by atoms with Gasteiger partial charge in [0.25, 0.3) is 0 Å². The molecule has 2 aliphatic rings. The van der Waals surface area contributed by atoms with Crippen LogP contribution in [0.15, 0.2) is 255 Å². The highest BCUT2D eigenvalue weighted by Crippen LogP contribution is 2.60. The van der Waals surface area contributed by atoms with E-state index in [9.17, 15) is 0 Å². The van der Waals surface area contributed by atoms with Crippen LogP contribution < -0.4 is 9.80 Å². The average Bonchev–Trinajstić information content (AvgIpc) is 3.45. The Kier molecular flexibility index (Phi) is 9.94. The molecule has 74 heavy (non-hydrogen) atoms. The summed E-state index contributed by atoms with van der Waals surface area (Å²) in [5, 5.41) is 7.41. The number of hydrogen-bond acceptors (Lipinski definition) is 2. The molecule has 0 aliphatic carbocycles. The van der Waals surface area contributed by atoms with E-state index in [0.717, 1.165) is 11.4 Å². The highest BCUT2D eigenvalue weighted by atomic mass is 15.2. The highest BCUT2D eigenvalue weighted by Gasteiger charge is 2.48. The third kappa shape index (κ3) is 6.31. The second kappa shape index (κ2) is 16.8. The lowest BCUT2D eigenvalue weighted by Crippen LogP contribution is -2.38. The van der Waals surface area contributed by atoms with E-state index < -0.39 is 10.8 Å². The quantitative estimate of drug-likeness (QED) is 0.153. The summed E-state index contributed by atoms with van der Waals surface area (Å²) < 4.78 is 0. The van der Waals surface area contributed by atoms with Gasteiger partial charge in [-0.25, -0.2) is 0 Å². The molecular formula is C72H54N2. The van der Waals surface area contributed by atoms with E-state index in [1.807, 2.05) is 0 Å². The van der Waals surface area contributed by atoms with Gasteiger partial charge < -0.3 is 9.80 Å². The summed E-state index contributed by atoms with van der Waals surface area (Å²) in [5.74, 6) is 0. The summed E-state index contributed by atoms with van der Waals surface area (Å²) in [4.78, 5) is 5.07. The zero-order valence-corrected chi connectivity index (χ0v) is 42.1. The van der Waals surface area contributed by atoms with Crippen LogP contribution in [0.5, 0.6) is 0 Å². The lowest BCUT2D eigenvalue weighted by molar-refractivity contribution is 0.729. The van der Waals surface area contributed by atoms with Gasteiger partial charge >= 0.3 is 0 Å². The van der Waals surface area contributed by atoms with E-state index in [4.69, 9.17) is 0 Å². The molecule has 0 N–H and O–H groups in total. The molecule has 0 atom stereocenters. The van der Waals surface area contributed by atoms with Gasteiger partial charge in [-0.1, -0.05) is 229 Å². The first-order valence-electron chi connectivity index (χ1n) is 26.0. The predicted octanol–water partition coefficient (Wildman–Crippen LogP) is 18.7. The first kappa shape index (κ1) is 43.8. The minimum atomic E-state index is -0.562. The van der Waals surface area contributed by atoms with Crippen LogP contribution >= 0.6 is 0 Å². The van der Waals surface area contributed by atoms with Gasteiger partial charge in [-0.05, 0) is 153 Å². The maximum absolute atomic E-state index is 2.53. The summed E-state index contributed by atoms with van der Waals surface area (Å²) in [7, 11) is 0. The molecule has 0 saturated heterocycles. The van der Waals surface area contributed by atoms with Gasteiger partial charge in [0.1, 0.15) is 0 Å². The van der Waals surface area contributed by atoms with Crippen LogP contribution in [0, 0.1) is 27.7 Å². The Hall–Kier alpha value is -8.98. The zero-order chi connectivity index (χ0) is 49.7. The molecule has 2 aliphatic heterocycles. The Balaban J connectivity index is 1.04. The van der Waals surface area contributed by atoms with Gasteiger partial charge in [0, 0.05) is 11.4 Å². The monoisotopic (exact) mass is 946 g/mol. The average molecular weight is 947 g/mol. The third-order valence-corrected chi connectivity index (χ3v) is 16.3. The SMILES string of the molecule is Cc1ccc2c(c1)C(c1ccccc1)(c1ccccc1)c1cc(C)ccc1N2c1ccc2c3ccccc3c3ccc(N4c5ccc(C)cc5C(c5ccccc5)(c5ccccc5)c5cc(C)ccc54)cc3c2c1. The third-order valence-electron chi connectivity index (χ3n) is 16.3. The van der Waals surface area contributed by atoms with Crippen LogP contribution in [0.3, 0.4) is 0 Å². The number of fused-ring (bicyclic) bond motifs is 10. The molecule has 0 bridgehead atoms. The predicted molar refractivity (Wildman–Crippen MR) is 311 cm³/mol. The Bertz CT molecular complexity index is 3720. The smallest absolute Gasteiger partial charge is 0.0742 e. The molecule has 0 unspecified atom stereocenters. The molecule has 12 aromatic rings. The zero-order valence-electron chi connectivity index (χ0n) is 42.1. The Morgan fingerprint density at radius 1 is 0.230 bits per heavy atom. The maximum Gasteiger partial charge on any atom is 0.0742 e. The maximum atomic E-state index is 2.53. The summed E-state index contributed by atoms with van der Waals surface area (Å²) in [6.45, 7) is 8.92. The first-order valence-corrected chi connectivity index (χ1v) is 26.0. The highest BCUT2D eigenvalue weighted by molar-refractivity contribution is 6.26. The van der Waals surface area contributed by atoms with Crippen molar-refractivity contribution < 1.29 is 0 Å². The molecule has 352 valence electrons. The molecule has 0 saturated carbocycles. The first-order chi connectivity index (χ1) is 36.3. The molecule has 0 spiro atoms. The van der Waals surface area contributed by atoms with Gasteiger partial charge in [0.15, 0.2) is 0 Å². The molecule has 2 heterocycles. The molecule has 0 amide bonds. The fourth-order valence-electron chi connectivity index (χ4n) is 13.2. The fourth-order valence-corrected chi connectivity index (χ4v) is 13.2. The molecule has 12 aromatic carbocycles. The number of nitrogens with zero attached hydrogens (tertiary/aromatic N) is 2. The van der Waals surface area contributed by atoms with Gasteiger partial charge in [-0.15, -0.1) is 0 Å². The van der Waals surface area contributed by atoms with Crippen LogP contribution in [0.1, 0.15) is 66.8 Å². The minimum Gasteiger partial charge on any atom is -0.310 e. The number of hydrogen-bond donors (Lipinski definition) is 0. The van der Waals surface area contributed by atoms with Crippen LogP contribution in [0.4, 0.5) is 34.1 Å². The fraction of sp³-hybridized carbons (Fsp3) is 0.0833. The van der Waals surface area contributed by atoms with Crippen molar-refractivity contribution in [1.29, 1.82) is 0 Å². The summed E-state index contributed by atoms with van der Waals surface area (Å²) >= 11 is 0. The number of benzene rings is 12. The Labute approximate surface area is 434 Å². The largest absolute Gasteiger partial charge is 0.310 e. The van der Waals surface area contributed by atoms with Crippen LogP contribution in [-0.2, 0) is 10.8 Å². The Morgan fingerprint density at radius 3 is 0.770 bits per heavy atom. The standard InChI is InChI=1S/C72H54N2/c1-47-29-37-67-63(41-47)71(51-19-9-5-10-20-51,52-21-11-6-12-22-52)64-42-48(2)30-38-68(64)73(67)55-33-35-59-57-27-17-18-28-58(57)60-36-34-56(46-62(60)61(59)45-55)74-69-39-31-49(3)43-65(69)72(53-23-13-7-14-24-53,54-25-15-8-16-26-54)66-44-50(4)32-40-70(66)74/h5-46H,1-4H3. The second-order valence-electron chi connectivity index (χ2n) is 20.7. The molecule has 0 fully saturated rings. The van der Waals surface area contributed by atoms with Gasteiger partial charge in [0.2, 0.25) is 0 Å². The summed E-state index contributed by atoms with van der Waals surface area (Å²) in [6, 6.07) is 96.2. The molecular weight excluding hydrogens is 893 g/mol. The van der Waals surface area contributed by atoms with Gasteiger partial charge in [0.05, 0.1) is 33.6 Å². The molecule has 0 radical (unpaired) electrons. The van der Waals surface area contributed by atoms with Crippen molar-refractivity contribution >= 4 is 66.4 Å². The topological polar surface area (TPSA) is 6.48 Å². The normalized spacial score (nSPS) is 14.1. The number of anilines is 6. The van der Waals surface area contributed by atoms with Gasteiger partial charge in [-0.3, -0.25) is 0 Å². The lowest BCUT2D eigenvalue weighted by atomic mass is 9.62. The van der Waals surface area contributed by atoms with Crippen molar-refractivity contribution in [1.82, 2.24) is 0 Å². The van der Waals surface area contributed by atoms with Crippen molar-refractivity contribution in [3.8, 4) is 0 Å². The van der Waals surface area contributed by atoms with E-state index in [-0.39, 0.29) is 0 Å². The van der Waals surface area contributed by atoms with Crippen LogP contribution in [0.25, 0.3) is 32.3 Å². The van der Waals surface area contributed by atoms with Crippen molar-refractivity contribution in [2.24, 2.45) is 0 Å². The lowest BCUT2D eigenvalue weighted by Gasteiger charge is -2.47. The van der Waals surface area contributed by atoms with E-state index in [0.29, 0.717) is 0 Å². The summed E-state index contributed by atoms with van der Waals surface area (Å²) in [5.41, 5.74) is 20.9. The van der Waals surface area contributed by atoms with E-state index in [2.05, 4.69) is 292 Å². The van der Waals surface area contributed by atoms with Crippen molar-refractivity contribution in [3.05, 3.63) is 322 Å². The molecule has 14 rings (SSSR count). The second-order valence-corrected chi connectivity index (χ2v) is 20.7. The minimum absolute atomic E-state index is 0.562. The number of aryl methyl sites for hydroxylation is 4. The van der Waals surface area contributed by atoms with E-state index in [1.54, 1.807) is 0 Å². The molecule has 2 nitrogen and oxygen atoms in total. The molecule has 2 heteroatoms. The summed E-state index contributed by atoms with van der Waals surface area (Å²) in [6.07, 6.45) is 0.